The van der Waals surface area contributed by atoms with Crippen molar-refractivity contribution in [1.82, 2.24) is 5.32 Å². The van der Waals surface area contributed by atoms with Gasteiger partial charge in [-0.05, 0) is 31.2 Å². The Morgan fingerprint density at radius 3 is 2.59 bits per heavy atom. The van der Waals surface area contributed by atoms with Gasteiger partial charge < -0.3 is 15.8 Å². The SMILES string of the molecule is CCNC(=O)CCOc1ccc(C(N)=S)cc1. The average molecular weight is 252 g/mol. The number of nitrogens with two attached hydrogens (primary N) is 1. The third kappa shape index (κ3) is 4.82. The summed E-state index contributed by atoms with van der Waals surface area (Å²) in [5.74, 6) is 0.696. The number of rotatable bonds is 6. The fraction of sp³-hybridized carbons (Fsp3) is 0.333. The van der Waals surface area contributed by atoms with E-state index in [2.05, 4.69) is 5.32 Å². The van der Waals surface area contributed by atoms with Crippen molar-refractivity contribution >= 4 is 23.1 Å². The third-order valence-electron chi connectivity index (χ3n) is 2.11. The smallest absolute Gasteiger partial charge is 0.223 e. The second-order valence-electron chi connectivity index (χ2n) is 3.44. The molecule has 0 saturated heterocycles. The monoisotopic (exact) mass is 252 g/mol. The molecule has 0 aliphatic carbocycles. The van der Waals surface area contributed by atoms with Gasteiger partial charge in [0.05, 0.1) is 13.0 Å². The molecule has 0 aliphatic rings. The first-order chi connectivity index (χ1) is 8.13. The van der Waals surface area contributed by atoms with E-state index < -0.39 is 0 Å². The topological polar surface area (TPSA) is 64.3 Å². The van der Waals surface area contributed by atoms with Crippen molar-refractivity contribution in [2.24, 2.45) is 5.73 Å². The van der Waals surface area contributed by atoms with Crippen LogP contribution in [0.25, 0.3) is 0 Å². The van der Waals surface area contributed by atoms with Crippen LogP contribution in [0.15, 0.2) is 24.3 Å². The number of thiocarbonyl (C=S) groups is 1. The Kier molecular flexibility index (Phi) is 5.42. The van der Waals surface area contributed by atoms with E-state index >= 15 is 0 Å². The van der Waals surface area contributed by atoms with Crippen molar-refractivity contribution in [3.05, 3.63) is 29.8 Å². The van der Waals surface area contributed by atoms with Crippen molar-refractivity contribution < 1.29 is 9.53 Å². The van der Waals surface area contributed by atoms with E-state index in [1.54, 1.807) is 24.3 Å². The van der Waals surface area contributed by atoms with E-state index in [0.717, 1.165) is 5.56 Å². The first kappa shape index (κ1) is 13.4. The molecule has 1 aromatic rings. The highest BCUT2D eigenvalue weighted by Crippen LogP contribution is 2.12. The molecule has 1 rings (SSSR count). The second-order valence-corrected chi connectivity index (χ2v) is 3.88. The van der Waals surface area contributed by atoms with E-state index in [1.165, 1.54) is 0 Å². The predicted molar refractivity (Wildman–Crippen MR) is 71.1 cm³/mol. The molecule has 92 valence electrons. The van der Waals surface area contributed by atoms with Gasteiger partial charge in [0, 0.05) is 12.1 Å². The zero-order valence-corrected chi connectivity index (χ0v) is 10.5. The molecule has 17 heavy (non-hydrogen) atoms. The molecule has 0 radical (unpaired) electrons. The molecule has 1 aromatic carbocycles. The molecule has 4 nitrogen and oxygen atoms in total. The van der Waals surface area contributed by atoms with Crippen molar-refractivity contribution in [3.63, 3.8) is 0 Å². The zero-order valence-electron chi connectivity index (χ0n) is 9.73. The van der Waals surface area contributed by atoms with Crippen LogP contribution in [0.3, 0.4) is 0 Å². The van der Waals surface area contributed by atoms with E-state index in [4.69, 9.17) is 22.7 Å². The predicted octanol–water partition coefficient (Wildman–Crippen LogP) is 1.23. The number of carbonyl (C=O) groups excluding carboxylic acids is 1. The quantitative estimate of drug-likeness (QED) is 0.747. The largest absolute Gasteiger partial charge is 0.493 e. The lowest BCUT2D eigenvalue weighted by Crippen LogP contribution is -2.24. The van der Waals surface area contributed by atoms with Crippen LogP contribution in [-0.2, 0) is 4.79 Å². The maximum atomic E-state index is 11.2. The standard InChI is InChI=1S/C12H16N2O2S/c1-2-14-11(15)7-8-16-10-5-3-9(4-6-10)12(13)17/h3-6H,2,7-8H2,1H3,(H2,13,17)(H,14,15). The molecule has 0 unspecified atom stereocenters. The minimum Gasteiger partial charge on any atom is -0.493 e. The van der Waals surface area contributed by atoms with Crippen LogP contribution in [0.4, 0.5) is 0 Å². The van der Waals surface area contributed by atoms with Gasteiger partial charge in [0.25, 0.3) is 0 Å². The van der Waals surface area contributed by atoms with Gasteiger partial charge in [0.15, 0.2) is 0 Å². The lowest BCUT2D eigenvalue weighted by molar-refractivity contribution is -0.121. The Balaban J connectivity index is 2.37. The van der Waals surface area contributed by atoms with Crippen molar-refractivity contribution in [1.29, 1.82) is 0 Å². The first-order valence-electron chi connectivity index (χ1n) is 5.43. The summed E-state index contributed by atoms with van der Waals surface area (Å²) in [5.41, 5.74) is 6.28. The Morgan fingerprint density at radius 1 is 1.41 bits per heavy atom. The molecule has 1 amide bonds. The average Bonchev–Trinajstić information content (AvgIpc) is 2.30. The number of carbonyl (C=O) groups is 1. The second kappa shape index (κ2) is 6.85. The summed E-state index contributed by atoms with van der Waals surface area (Å²) in [6.45, 7) is 2.88. The molecule has 0 bridgehead atoms. The maximum Gasteiger partial charge on any atom is 0.223 e. The lowest BCUT2D eigenvalue weighted by Gasteiger charge is -2.06. The molecule has 3 N–H and O–H groups in total. The van der Waals surface area contributed by atoms with Crippen molar-refractivity contribution in [2.75, 3.05) is 13.2 Å². The summed E-state index contributed by atoms with van der Waals surface area (Å²) in [6, 6.07) is 7.16. The van der Waals surface area contributed by atoms with Crippen LogP contribution in [0.2, 0.25) is 0 Å². The van der Waals surface area contributed by atoms with Gasteiger partial charge in [-0.25, -0.2) is 0 Å². The van der Waals surface area contributed by atoms with Crippen LogP contribution >= 0.6 is 12.2 Å². The fourth-order valence-corrected chi connectivity index (χ4v) is 1.40. The number of ether oxygens (including phenoxy) is 1. The molecule has 0 spiro atoms. The Labute approximate surface area is 106 Å². The normalized spacial score (nSPS) is 9.71. The maximum absolute atomic E-state index is 11.2. The molecule has 0 saturated carbocycles. The highest BCUT2D eigenvalue weighted by Gasteiger charge is 2.01. The third-order valence-corrected chi connectivity index (χ3v) is 2.35. The Hall–Kier alpha value is -1.62. The van der Waals surface area contributed by atoms with E-state index in [1.807, 2.05) is 6.92 Å². The first-order valence-corrected chi connectivity index (χ1v) is 5.83. The van der Waals surface area contributed by atoms with Gasteiger partial charge in [-0.15, -0.1) is 0 Å². The molecular weight excluding hydrogens is 236 g/mol. The van der Waals surface area contributed by atoms with Gasteiger partial charge in [0.1, 0.15) is 10.7 Å². The summed E-state index contributed by atoms with van der Waals surface area (Å²) in [7, 11) is 0. The summed E-state index contributed by atoms with van der Waals surface area (Å²) < 4.78 is 5.41. The molecule has 0 heterocycles. The number of nitrogens with one attached hydrogen (secondary N) is 1. The molecule has 0 atom stereocenters. The Bertz CT molecular complexity index is 390. The van der Waals surface area contributed by atoms with Crippen LogP contribution in [0.5, 0.6) is 5.75 Å². The van der Waals surface area contributed by atoms with Gasteiger partial charge >= 0.3 is 0 Å². The highest BCUT2D eigenvalue weighted by molar-refractivity contribution is 7.80. The van der Waals surface area contributed by atoms with Crippen molar-refractivity contribution in [2.45, 2.75) is 13.3 Å². The van der Waals surface area contributed by atoms with E-state index in [0.29, 0.717) is 30.3 Å². The molecule has 0 aliphatic heterocycles. The summed E-state index contributed by atoms with van der Waals surface area (Å²) in [6.07, 6.45) is 0.352. The highest BCUT2D eigenvalue weighted by atomic mass is 32.1. The van der Waals surface area contributed by atoms with Gasteiger partial charge in [-0.2, -0.15) is 0 Å². The summed E-state index contributed by atoms with van der Waals surface area (Å²) in [5, 5.41) is 2.70. The Morgan fingerprint density at radius 2 is 2.06 bits per heavy atom. The lowest BCUT2D eigenvalue weighted by atomic mass is 10.2. The van der Waals surface area contributed by atoms with Crippen molar-refractivity contribution in [3.8, 4) is 5.75 Å². The van der Waals surface area contributed by atoms with Crippen LogP contribution < -0.4 is 15.8 Å². The minimum absolute atomic E-state index is 0.00717. The summed E-state index contributed by atoms with van der Waals surface area (Å²) in [4.78, 5) is 11.5. The molecular formula is C12H16N2O2S. The number of hydrogen-bond acceptors (Lipinski definition) is 3. The van der Waals surface area contributed by atoms with Crippen LogP contribution in [0.1, 0.15) is 18.9 Å². The fourth-order valence-electron chi connectivity index (χ4n) is 1.26. The minimum atomic E-state index is -0.00717. The molecule has 0 aromatic heterocycles. The number of amides is 1. The van der Waals surface area contributed by atoms with Crippen LogP contribution in [-0.4, -0.2) is 24.0 Å². The molecule has 5 heteroatoms. The van der Waals surface area contributed by atoms with Gasteiger partial charge in [-0.1, -0.05) is 12.2 Å². The number of hydrogen-bond donors (Lipinski definition) is 2. The summed E-state index contributed by atoms with van der Waals surface area (Å²) >= 11 is 4.84. The van der Waals surface area contributed by atoms with Crippen LogP contribution in [0, 0.1) is 0 Å². The molecule has 0 fully saturated rings. The van der Waals surface area contributed by atoms with Gasteiger partial charge in [0.2, 0.25) is 5.91 Å². The zero-order chi connectivity index (χ0) is 12.7. The van der Waals surface area contributed by atoms with Gasteiger partial charge in [-0.3, -0.25) is 4.79 Å². The van der Waals surface area contributed by atoms with E-state index in [9.17, 15) is 4.79 Å². The number of benzene rings is 1. The van der Waals surface area contributed by atoms with E-state index in [-0.39, 0.29) is 5.91 Å².